The molecule has 3 aromatic heterocycles. The quantitative estimate of drug-likeness (QED) is 0.316. The molecule has 2 fully saturated rings. The summed E-state index contributed by atoms with van der Waals surface area (Å²) in [5, 5.41) is 2.41. The van der Waals surface area contributed by atoms with Crippen molar-refractivity contribution in [1.29, 1.82) is 0 Å². The number of fused-ring (bicyclic) bond motifs is 1. The Labute approximate surface area is 245 Å². The summed E-state index contributed by atoms with van der Waals surface area (Å²) in [6.45, 7) is 1.66. The number of halogens is 3. The maximum atomic E-state index is 13.4. The molecule has 13 heteroatoms. The van der Waals surface area contributed by atoms with Crippen molar-refractivity contribution in [2.75, 3.05) is 37.9 Å². The van der Waals surface area contributed by atoms with Gasteiger partial charge in [-0.2, -0.15) is 13.2 Å². The lowest BCUT2D eigenvalue weighted by Gasteiger charge is -2.34. The van der Waals surface area contributed by atoms with Gasteiger partial charge in [0.1, 0.15) is 28.7 Å². The van der Waals surface area contributed by atoms with E-state index in [0.29, 0.717) is 36.5 Å². The molecule has 2 amide bonds. The molecule has 0 spiro atoms. The third kappa shape index (κ3) is 5.52. The van der Waals surface area contributed by atoms with Crippen molar-refractivity contribution in [3.63, 3.8) is 0 Å². The number of nitrogen functional groups attached to an aromatic ring is 1. The Balaban J connectivity index is 1.25. The maximum absolute atomic E-state index is 13.4. The first-order chi connectivity index (χ1) is 20.6. The van der Waals surface area contributed by atoms with E-state index in [1.807, 2.05) is 9.30 Å². The first-order valence-electron chi connectivity index (χ1n) is 14.0. The highest BCUT2D eigenvalue weighted by molar-refractivity contribution is 6.04. The SMILES string of the molecule is COCC1(C(=O)N2CCC[C@@H](c3nc(-c4ccc(C(=O)Nc5cc(C(F)(F)F)ccn5)cc4)c4c(N)nccn34)C2)CC1. The Bertz CT molecular complexity index is 1680. The Kier molecular flexibility index (Phi) is 7.28. The molecule has 1 aliphatic carbocycles. The minimum absolute atomic E-state index is 0.0240. The average Bonchev–Trinajstić information content (AvgIpc) is 3.68. The van der Waals surface area contributed by atoms with Crippen LogP contribution in [-0.2, 0) is 15.7 Å². The first-order valence-corrected chi connectivity index (χ1v) is 14.0. The zero-order valence-corrected chi connectivity index (χ0v) is 23.4. The molecule has 224 valence electrons. The summed E-state index contributed by atoms with van der Waals surface area (Å²) in [6.07, 6.45) is 3.22. The van der Waals surface area contributed by atoms with Gasteiger partial charge >= 0.3 is 6.18 Å². The van der Waals surface area contributed by atoms with Gasteiger partial charge in [-0.15, -0.1) is 0 Å². The van der Waals surface area contributed by atoms with Gasteiger partial charge in [0.25, 0.3) is 5.91 Å². The van der Waals surface area contributed by atoms with E-state index in [1.54, 1.807) is 43.8 Å². The van der Waals surface area contributed by atoms with E-state index in [9.17, 15) is 22.8 Å². The molecule has 43 heavy (non-hydrogen) atoms. The van der Waals surface area contributed by atoms with Gasteiger partial charge in [-0.25, -0.2) is 15.0 Å². The topological polar surface area (TPSA) is 128 Å². The Hall–Kier alpha value is -4.52. The number of pyridine rings is 1. The number of aromatic nitrogens is 4. The van der Waals surface area contributed by atoms with Crippen molar-refractivity contribution in [1.82, 2.24) is 24.3 Å². The number of hydrogen-bond donors (Lipinski definition) is 2. The van der Waals surface area contributed by atoms with Gasteiger partial charge in [0.15, 0.2) is 0 Å². The Morgan fingerprint density at radius 3 is 2.60 bits per heavy atom. The maximum Gasteiger partial charge on any atom is 0.416 e. The van der Waals surface area contributed by atoms with Gasteiger partial charge in [-0.3, -0.25) is 14.0 Å². The number of nitrogens with one attached hydrogen (secondary N) is 1. The molecule has 0 radical (unpaired) electrons. The van der Waals surface area contributed by atoms with E-state index in [-0.39, 0.29) is 29.0 Å². The predicted octanol–water partition coefficient (Wildman–Crippen LogP) is 4.78. The molecule has 1 aliphatic heterocycles. The van der Waals surface area contributed by atoms with Crippen LogP contribution in [0.15, 0.2) is 55.0 Å². The second-order valence-corrected chi connectivity index (χ2v) is 11.1. The molecule has 1 saturated carbocycles. The summed E-state index contributed by atoms with van der Waals surface area (Å²) < 4.78 is 46.4. The zero-order valence-electron chi connectivity index (χ0n) is 23.4. The average molecular weight is 594 g/mol. The van der Waals surface area contributed by atoms with Crippen molar-refractivity contribution < 1.29 is 27.5 Å². The zero-order chi connectivity index (χ0) is 30.4. The second-order valence-electron chi connectivity index (χ2n) is 11.1. The van der Waals surface area contributed by atoms with Crippen LogP contribution < -0.4 is 11.1 Å². The van der Waals surface area contributed by atoms with Crippen LogP contribution in [0.5, 0.6) is 0 Å². The van der Waals surface area contributed by atoms with Crippen molar-refractivity contribution in [3.8, 4) is 11.3 Å². The standard InChI is InChI=1S/C30H30F3N7O3/c1-43-17-29(9-10-29)28(42)39-13-2-3-20(16-39)26-38-23(24-25(34)36-12-14-40(24)26)18-4-6-19(7-5-18)27(41)37-22-15-21(8-11-35-22)30(31,32)33/h4-8,11-12,14-15,20H,2-3,9-10,13,16-17H2,1H3,(H2,34,36)(H,35,37,41)/t20-/m1/s1. The van der Waals surface area contributed by atoms with E-state index >= 15 is 0 Å². The first kappa shape index (κ1) is 28.6. The van der Waals surface area contributed by atoms with Crippen LogP contribution in [0.3, 0.4) is 0 Å². The molecule has 4 aromatic rings. The highest BCUT2D eigenvalue weighted by Crippen LogP contribution is 2.48. The number of rotatable bonds is 7. The number of piperidine rings is 1. The second kappa shape index (κ2) is 11.0. The molecule has 3 N–H and O–H groups in total. The van der Waals surface area contributed by atoms with E-state index in [1.165, 1.54) is 0 Å². The lowest BCUT2D eigenvalue weighted by atomic mass is 9.95. The molecular weight excluding hydrogens is 563 g/mol. The minimum Gasteiger partial charge on any atom is -0.384 e. The van der Waals surface area contributed by atoms with Crippen LogP contribution >= 0.6 is 0 Å². The van der Waals surface area contributed by atoms with Gasteiger partial charge in [0, 0.05) is 55.8 Å². The molecule has 2 aliphatic rings. The molecule has 6 rings (SSSR count). The number of amides is 2. The smallest absolute Gasteiger partial charge is 0.384 e. The summed E-state index contributed by atoms with van der Waals surface area (Å²) >= 11 is 0. The van der Waals surface area contributed by atoms with E-state index in [2.05, 4.69) is 15.3 Å². The molecule has 1 saturated heterocycles. The van der Waals surface area contributed by atoms with Crippen LogP contribution in [0.2, 0.25) is 0 Å². The minimum atomic E-state index is -4.55. The number of nitrogens with zero attached hydrogens (tertiary/aromatic N) is 5. The number of carbonyl (C=O) groups is 2. The van der Waals surface area contributed by atoms with E-state index in [0.717, 1.165) is 49.8 Å². The van der Waals surface area contributed by atoms with Gasteiger partial charge in [-0.05, 0) is 49.9 Å². The molecule has 0 bridgehead atoms. The van der Waals surface area contributed by atoms with Crippen molar-refractivity contribution in [2.45, 2.75) is 37.8 Å². The summed E-state index contributed by atoms with van der Waals surface area (Å²) in [7, 11) is 1.62. The van der Waals surface area contributed by atoms with Crippen molar-refractivity contribution >= 4 is 29.0 Å². The van der Waals surface area contributed by atoms with Crippen LogP contribution in [0.25, 0.3) is 16.8 Å². The van der Waals surface area contributed by atoms with Crippen LogP contribution in [0.1, 0.15) is 53.3 Å². The summed E-state index contributed by atoms with van der Waals surface area (Å²) in [5.41, 5.74) is 7.10. The predicted molar refractivity (Wildman–Crippen MR) is 152 cm³/mol. The molecule has 1 aromatic carbocycles. The van der Waals surface area contributed by atoms with Crippen LogP contribution in [0, 0.1) is 5.41 Å². The summed E-state index contributed by atoms with van der Waals surface area (Å²) in [4.78, 5) is 41.1. The number of imidazole rings is 1. The molecule has 4 heterocycles. The molecule has 10 nitrogen and oxygen atoms in total. The number of anilines is 2. The fraction of sp³-hybridized carbons (Fsp3) is 0.367. The fourth-order valence-electron chi connectivity index (χ4n) is 5.77. The summed E-state index contributed by atoms with van der Waals surface area (Å²) in [6, 6.07) is 8.13. The fourth-order valence-corrected chi connectivity index (χ4v) is 5.77. The van der Waals surface area contributed by atoms with Crippen LogP contribution in [-0.4, -0.2) is 62.9 Å². The number of carbonyl (C=O) groups excluding carboxylic acids is 2. The van der Waals surface area contributed by atoms with Gasteiger partial charge in [0.05, 0.1) is 17.6 Å². The Morgan fingerprint density at radius 2 is 1.91 bits per heavy atom. The highest BCUT2D eigenvalue weighted by atomic mass is 19.4. The van der Waals surface area contributed by atoms with Gasteiger partial charge in [-0.1, -0.05) is 12.1 Å². The number of methoxy groups -OCH3 is 1. The van der Waals surface area contributed by atoms with Gasteiger partial charge < -0.3 is 20.7 Å². The normalized spacial score (nSPS) is 18.0. The van der Waals surface area contributed by atoms with Crippen LogP contribution in [0.4, 0.5) is 24.8 Å². The van der Waals surface area contributed by atoms with Crippen molar-refractivity contribution in [2.24, 2.45) is 5.41 Å². The third-order valence-corrected chi connectivity index (χ3v) is 8.16. The lowest BCUT2D eigenvalue weighted by molar-refractivity contribution is -0.140. The van der Waals surface area contributed by atoms with E-state index < -0.39 is 23.1 Å². The third-order valence-electron chi connectivity index (χ3n) is 8.16. The molecule has 0 unspecified atom stereocenters. The summed E-state index contributed by atoms with van der Waals surface area (Å²) in [5.74, 6) is 0.353. The number of alkyl halides is 3. The molecule has 1 atom stereocenters. The number of ether oxygens (including phenoxy) is 1. The monoisotopic (exact) mass is 593 g/mol. The molecular formula is C30H30F3N7O3. The number of benzene rings is 1. The van der Waals surface area contributed by atoms with Crippen molar-refractivity contribution in [3.05, 3.63) is 71.9 Å². The van der Waals surface area contributed by atoms with Gasteiger partial charge in [0.2, 0.25) is 5.91 Å². The highest BCUT2D eigenvalue weighted by Gasteiger charge is 2.52. The van der Waals surface area contributed by atoms with E-state index in [4.69, 9.17) is 15.5 Å². The lowest BCUT2D eigenvalue weighted by Crippen LogP contribution is -2.44. The Morgan fingerprint density at radius 1 is 1.14 bits per heavy atom. The largest absolute Gasteiger partial charge is 0.416 e. The number of likely N-dealkylation sites (tertiary alicyclic amines) is 1. The number of hydrogen-bond acceptors (Lipinski definition) is 7. The number of nitrogens with two attached hydrogens (primary N) is 1.